The van der Waals surface area contributed by atoms with Crippen LogP contribution in [0.15, 0.2) is 30.3 Å². The zero-order valence-electron chi connectivity index (χ0n) is 10.9. The maximum atomic E-state index is 11.7. The van der Waals surface area contributed by atoms with E-state index in [0.29, 0.717) is 12.0 Å². The van der Waals surface area contributed by atoms with Crippen LogP contribution >= 0.6 is 0 Å². The number of aliphatic hydroxyl groups is 1. The number of amides is 1. The van der Waals surface area contributed by atoms with Crippen molar-refractivity contribution in [1.82, 2.24) is 5.32 Å². The average Bonchev–Trinajstić information content (AvgIpc) is 2.34. The van der Waals surface area contributed by atoms with Gasteiger partial charge < -0.3 is 15.2 Å². The number of aliphatic hydroxyl groups excluding tert-OH is 1. The molecule has 3 aliphatic carbocycles. The maximum absolute atomic E-state index is 11.7. The fraction of sp³-hybridized carbons (Fsp3) is 0.533. The number of benzene rings is 1. The minimum Gasteiger partial charge on any atom is -0.445 e. The lowest BCUT2D eigenvalue weighted by Gasteiger charge is -2.70. The molecule has 0 unspecified atom stereocenters. The first-order valence-electron chi connectivity index (χ1n) is 6.75. The normalized spacial score (nSPS) is 31.0. The quantitative estimate of drug-likeness (QED) is 0.854. The molecule has 0 radical (unpaired) electrons. The first-order chi connectivity index (χ1) is 9.15. The maximum Gasteiger partial charge on any atom is 0.407 e. The summed E-state index contributed by atoms with van der Waals surface area (Å²) in [5.41, 5.74) is 1.26. The highest BCUT2D eigenvalue weighted by molar-refractivity contribution is 5.69. The zero-order chi connectivity index (χ0) is 13.3. The number of carbonyl (C=O) groups is 1. The molecule has 0 aliphatic heterocycles. The van der Waals surface area contributed by atoms with Crippen molar-refractivity contribution in [2.75, 3.05) is 6.61 Å². The van der Waals surface area contributed by atoms with Gasteiger partial charge in [-0.3, -0.25) is 0 Å². The lowest BCUT2D eigenvalue weighted by atomic mass is 9.38. The van der Waals surface area contributed by atoms with Crippen LogP contribution in [-0.2, 0) is 11.3 Å². The van der Waals surface area contributed by atoms with Crippen LogP contribution in [0.1, 0.15) is 31.2 Å². The molecule has 0 atom stereocenters. The fourth-order valence-electron chi connectivity index (χ4n) is 3.61. The highest BCUT2D eigenvalue weighted by Crippen LogP contribution is 2.68. The van der Waals surface area contributed by atoms with Gasteiger partial charge in [0.25, 0.3) is 0 Å². The van der Waals surface area contributed by atoms with Crippen LogP contribution in [0.25, 0.3) is 0 Å². The van der Waals surface area contributed by atoms with Crippen molar-refractivity contribution < 1.29 is 14.6 Å². The fourth-order valence-corrected chi connectivity index (χ4v) is 3.61. The molecule has 19 heavy (non-hydrogen) atoms. The van der Waals surface area contributed by atoms with E-state index in [9.17, 15) is 4.79 Å². The molecule has 1 aromatic carbocycles. The molecule has 102 valence electrons. The molecule has 0 saturated heterocycles. The van der Waals surface area contributed by atoms with E-state index in [4.69, 9.17) is 9.84 Å². The molecule has 4 nitrogen and oxygen atoms in total. The second kappa shape index (κ2) is 4.53. The SMILES string of the molecule is O=C(NC12CC(CCO)(C1)C2)OCc1ccccc1. The van der Waals surface area contributed by atoms with Crippen molar-refractivity contribution in [3.8, 4) is 0 Å². The van der Waals surface area contributed by atoms with Crippen LogP contribution in [-0.4, -0.2) is 23.3 Å². The third kappa shape index (κ3) is 2.32. The van der Waals surface area contributed by atoms with E-state index >= 15 is 0 Å². The van der Waals surface area contributed by atoms with Crippen molar-refractivity contribution in [3.63, 3.8) is 0 Å². The minimum atomic E-state index is -0.332. The summed E-state index contributed by atoms with van der Waals surface area (Å²) in [6.07, 6.45) is 3.49. The Bertz CT molecular complexity index is 452. The highest BCUT2D eigenvalue weighted by atomic mass is 16.5. The van der Waals surface area contributed by atoms with Crippen molar-refractivity contribution in [2.24, 2.45) is 5.41 Å². The number of nitrogens with one attached hydrogen (secondary N) is 1. The summed E-state index contributed by atoms with van der Waals surface area (Å²) in [7, 11) is 0. The van der Waals surface area contributed by atoms with Gasteiger partial charge in [-0.1, -0.05) is 30.3 Å². The number of carbonyl (C=O) groups excluding carboxylic acids is 1. The van der Waals surface area contributed by atoms with Gasteiger partial charge in [-0.25, -0.2) is 4.79 Å². The first-order valence-corrected chi connectivity index (χ1v) is 6.75. The molecule has 4 rings (SSSR count). The Hall–Kier alpha value is -1.55. The second-order valence-corrected chi connectivity index (χ2v) is 5.97. The van der Waals surface area contributed by atoms with E-state index in [-0.39, 0.29) is 18.2 Å². The predicted molar refractivity (Wildman–Crippen MR) is 70.5 cm³/mol. The Morgan fingerprint density at radius 2 is 1.95 bits per heavy atom. The molecule has 2 bridgehead atoms. The van der Waals surface area contributed by atoms with Gasteiger partial charge in [-0.05, 0) is 36.7 Å². The summed E-state index contributed by atoms with van der Waals surface area (Å²) in [6.45, 7) is 0.555. The van der Waals surface area contributed by atoms with E-state index < -0.39 is 0 Å². The Morgan fingerprint density at radius 3 is 2.58 bits per heavy atom. The summed E-state index contributed by atoms with van der Waals surface area (Å²) in [6, 6.07) is 9.66. The Morgan fingerprint density at radius 1 is 1.26 bits per heavy atom. The van der Waals surface area contributed by atoms with E-state index in [0.717, 1.165) is 31.2 Å². The van der Waals surface area contributed by atoms with Gasteiger partial charge in [0, 0.05) is 12.1 Å². The summed E-state index contributed by atoms with van der Waals surface area (Å²) in [5, 5.41) is 11.9. The molecule has 3 saturated carbocycles. The summed E-state index contributed by atoms with van der Waals surface area (Å²) in [5.74, 6) is 0. The van der Waals surface area contributed by atoms with E-state index in [2.05, 4.69) is 5.32 Å². The molecule has 3 fully saturated rings. The predicted octanol–water partition coefficient (Wildman–Crippen LogP) is 2.22. The first kappa shape index (κ1) is 12.5. The molecule has 2 N–H and O–H groups in total. The standard InChI is InChI=1S/C15H19NO3/c17-7-6-14-9-15(10-14,11-14)16-13(18)19-8-12-4-2-1-3-5-12/h1-5,17H,6-11H2,(H,16,18). The van der Waals surface area contributed by atoms with Crippen LogP contribution < -0.4 is 5.32 Å². The van der Waals surface area contributed by atoms with Gasteiger partial charge >= 0.3 is 6.09 Å². The van der Waals surface area contributed by atoms with Crippen molar-refractivity contribution >= 4 is 6.09 Å². The van der Waals surface area contributed by atoms with E-state index in [1.165, 1.54) is 0 Å². The highest BCUT2D eigenvalue weighted by Gasteiger charge is 2.67. The van der Waals surface area contributed by atoms with Crippen LogP contribution in [0.2, 0.25) is 0 Å². The number of hydrogen-bond acceptors (Lipinski definition) is 3. The van der Waals surface area contributed by atoms with Crippen molar-refractivity contribution in [2.45, 2.75) is 37.8 Å². The summed E-state index contributed by atoms with van der Waals surface area (Å²) >= 11 is 0. The van der Waals surface area contributed by atoms with Gasteiger partial charge in [0.2, 0.25) is 0 Å². The molecule has 4 heteroatoms. The Labute approximate surface area is 112 Å². The average molecular weight is 261 g/mol. The molecule has 3 aliphatic rings. The van der Waals surface area contributed by atoms with Gasteiger partial charge in [0.15, 0.2) is 0 Å². The number of hydrogen-bond donors (Lipinski definition) is 2. The lowest BCUT2D eigenvalue weighted by Crippen LogP contribution is -2.74. The van der Waals surface area contributed by atoms with E-state index in [1.807, 2.05) is 30.3 Å². The van der Waals surface area contributed by atoms with E-state index in [1.54, 1.807) is 0 Å². The monoisotopic (exact) mass is 261 g/mol. The van der Waals surface area contributed by atoms with Crippen molar-refractivity contribution in [3.05, 3.63) is 35.9 Å². The van der Waals surface area contributed by atoms with Crippen LogP contribution in [0.4, 0.5) is 4.79 Å². The number of alkyl carbamates (subject to hydrolysis) is 1. The molecule has 1 aromatic rings. The number of rotatable bonds is 5. The molecule has 1 amide bonds. The Kier molecular flexibility index (Phi) is 2.97. The second-order valence-electron chi connectivity index (χ2n) is 5.97. The molecule has 0 aromatic heterocycles. The topological polar surface area (TPSA) is 58.6 Å². The third-order valence-electron chi connectivity index (χ3n) is 4.36. The zero-order valence-corrected chi connectivity index (χ0v) is 10.9. The number of ether oxygens (including phenoxy) is 1. The molecular formula is C15H19NO3. The van der Waals surface area contributed by atoms with Crippen molar-refractivity contribution in [1.29, 1.82) is 0 Å². The lowest BCUT2D eigenvalue weighted by molar-refractivity contribution is -0.159. The van der Waals surface area contributed by atoms with Gasteiger partial charge in [0.1, 0.15) is 6.61 Å². The molecular weight excluding hydrogens is 242 g/mol. The minimum absolute atomic E-state index is 0.0387. The van der Waals surface area contributed by atoms with Crippen LogP contribution in [0.3, 0.4) is 0 Å². The van der Waals surface area contributed by atoms with Gasteiger partial charge in [-0.15, -0.1) is 0 Å². The summed E-state index contributed by atoms with van der Waals surface area (Å²) in [4.78, 5) is 11.7. The van der Waals surface area contributed by atoms with Crippen LogP contribution in [0, 0.1) is 5.41 Å². The smallest absolute Gasteiger partial charge is 0.407 e. The van der Waals surface area contributed by atoms with Crippen LogP contribution in [0.5, 0.6) is 0 Å². The molecule has 0 heterocycles. The Balaban J connectivity index is 1.42. The summed E-state index contributed by atoms with van der Waals surface area (Å²) < 4.78 is 5.22. The third-order valence-corrected chi connectivity index (χ3v) is 4.36. The largest absolute Gasteiger partial charge is 0.445 e. The van der Waals surface area contributed by atoms with Gasteiger partial charge in [0.05, 0.1) is 0 Å². The molecule has 0 spiro atoms. The van der Waals surface area contributed by atoms with Gasteiger partial charge in [-0.2, -0.15) is 0 Å².